The van der Waals surface area contributed by atoms with Crippen LogP contribution >= 0.6 is 0 Å². The minimum absolute atomic E-state index is 0.0127. The van der Waals surface area contributed by atoms with E-state index in [4.69, 9.17) is 5.11 Å². The predicted octanol–water partition coefficient (Wildman–Crippen LogP) is 0.557. The van der Waals surface area contributed by atoms with Crippen molar-refractivity contribution in [2.45, 2.75) is 19.4 Å². The maximum Gasteiger partial charge on any atom is 0.332 e. The van der Waals surface area contributed by atoms with Crippen LogP contribution in [0.15, 0.2) is 12.2 Å². The van der Waals surface area contributed by atoms with Gasteiger partial charge in [0, 0.05) is 24.2 Å². The van der Waals surface area contributed by atoms with Gasteiger partial charge in [0.05, 0.1) is 0 Å². The molecule has 0 radical (unpaired) electrons. The van der Waals surface area contributed by atoms with E-state index in [0.29, 0.717) is 6.54 Å². The molecule has 4 nitrogen and oxygen atoms in total. The molecule has 0 saturated carbocycles. The van der Waals surface area contributed by atoms with Gasteiger partial charge in [0.2, 0.25) is 0 Å². The molecule has 0 bridgehead atoms. The molecule has 0 aromatic heterocycles. The van der Waals surface area contributed by atoms with Crippen LogP contribution in [0.1, 0.15) is 13.8 Å². The van der Waals surface area contributed by atoms with Crippen LogP contribution in [0.5, 0.6) is 0 Å². The first kappa shape index (κ1) is 13.1. The zero-order valence-electron chi connectivity index (χ0n) is 9.42. The second-order valence-electron chi connectivity index (χ2n) is 4.22. The Morgan fingerprint density at radius 1 is 1.50 bits per heavy atom. The van der Waals surface area contributed by atoms with Crippen molar-refractivity contribution in [1.29, 1.82) is 0 Å². The Morgan fingerprint density at radius 2 is 2.00 bits per heavy atom. The predicted molar refractivity (Wildman–Crippen MR) is 57.4 cm³/mol. The van der Waals surface area contributed by atoms with E-state index in [9.17, 15) is 4.79 Å². The van der Waals surface area contributed by atoms with Crippen molar-refractivity contribution < 1.29 is 9.90 Å². The Labute approximate surface area is 85.6 Å². The second-order valence-corrected chi connectivity index (χ2v) is 4.22. The van der Waals surface area contributed by atoms with Gasteiger partial charge in [-0.2, -0.15) is 0 Å². The first-order valence-electron chi connectivity index (χ1n) is 4.56. The summed E-state index contributed by atoms with van der Waals surface area (Å²) in [5, 5.41) is 11.6. The normalized spacial score (nSPS) is 11.8. The number of likely N-dealkylation sites (N-methyl/N-ethyl adjacent to an activating group) is 1. The number of rotatable bonds is 6. The van der Waals surface area contributed by atoms with Crippen LogP contribution in [-0.4, -0.2) is 48.7 Å². The van der Waals surface area contributed by atoms with Crippen molar-refractivity contribution in [3.63, 3.8) is 0 Å². The number of aliphatic carboxylic acids is 1. The van der Waals surface area contributed by atoms with Crippen LogP contribution < -0.4 is 5.32 Å². The van der Waals surface area contributed by atoms with E-state index in [1.807, 2.05) is 14.1 Å². The SMILES string of the molecule is C=C(CNCC(C)(C)N(C)C)C(=O)O. The van der Waals surface area contributed by atoms with Crippen molar-refractivity contribution in [3.05, 3.63) is 12.2 Å². The van der Waals surface area contributed by atoms with Crippen LogP contribution in [0, 0.1) is 0 Å². The molecule has 82 valence electrons. The molecular weight excluding hydrogens is 180 g/mol. The number of carboxylic acids is 1. The zero-order valence-corrected chi connectivity index (χ0v) is 9.42. The summed E-state index contributed by atoms with van der Waals surface area (Å²) in [6.45, 7) is 8.67. The summed E-state index contributed by atoms with van der Waals surface area (Å²) in [7, 11) is 3.99. The van der Waals surface area contributed by atoms with Crippen LogP contribution in [0.3, 0.4) is 0 Å². The molecule has 0 atom stereocenters. The van der Waals surface area contributed by atoms with Crippen LogP contribution in [-0.2, 0) is 4.79 Å². The monoisotopic (exact) mass is 200 g/mol. The zero-order chi connectivity index (χ0) is 11.4. The van der Waals surface area contributed by atoms with Gasteiger partial charge in [0.15, 0.2) is 0 Å². The van der Waals surface area contributed by atoms with Crippen LogP contribution in [0.2, 0.25) is 0 Å². The van der Waals surface area contributed by atoms with Gasteiger partial charge in [0.25, 0.3) is 0 Å². The molecule has 4 heteroatoms. The smallest absolute Gasteiger partial charge is 0.332 e. The molecular formula is C10H20N2O2. The highest BCUT2D eigenvalue weighted by Gasteiger charge is 2.19. The van der Waals surface area contributed by atoms with E-state index in [1.165, 1.54) is 0 Å². The molecule has 0 amide bonds. The second kappa shape index (κ2) is 5.12. The Balaban J connectivity index is 3.85. The maximum atomic E-state index is 10.4. The summed E-state index contributed by atoms with van der Waals surface area (Å²) in [6.07, 6.45) is 0. The lowest BCUT2D eigenvalue weighted by Crippen LogP contribution is -2.47. The van der Waals surface area contributed by atoms with Crippen molar-refractivity contribution in [1.82, 2.24) is 10.2 Å². The number of nitrogens with zero attached hydrogens (tertiary/aromatic N) is 1. The summed E-state index contributed by atoms with van der Waals surface area (Å²) >= 11 is 0. The van der Waals surface area contributed by atoms with Gasteiger partial charge in [-0.1, -0.05) is 6.58 Å². The molecule has 0 unspecified atom stereocenters. The van der Waals surface area contributed by atoms with Crippen molar-refractivity contribution in [3.8, 4) is 0 Å². The van der Waals surface area contributed by atoms with E-state index in [2.05, 4.69) is 30.6 Å². The summed E-state index contributed by atoms with van der Waals surface area (Å²) in [4.78, 5) is 12.5. The fourth-order valence-corrected chi connectivity index (χ4v) is 0.753. The molecule has 0 aromatic carbocycles. The molecule has 0 aliphatic heterocycles. The molecule has 2 N–H and O–H groups in total. The Bertz CT molecular complexity index is 222. The molecule has 0 spiro atoms. The van der Waals surface area contributed by atoms with Gasteiger partial charge in [-0.25, -0.2) is 4.79 Å². The first-order chi connectivity index (χ1) is 6.27. The largest absolute Gasteiger partial charge is 0.478 e. The topological polar surface area (TPSA) is 52.6 Å². The molecule has 0 saturated heterocycles. The highest BCUT2D eigenvalue weighted by Crippen LogP contribution is 2.07. The summed E-state index contributed by atoms with van der Waals surface area (Å²) < 4.78 is 0. The lowest BCUT2D eigenvalue weighted by atomic mass is 10.0. The molecule has 0 rings (SSSR count). The lowest BCUT2D eigenvalue weighted by Gasteiger charge is -2.32. The van der Waals surface area contributed by atoms with Crippen molar-refractivity contribution in [2.24, 2.45) is 0 Å². The Kier molecular flexibility index (Phi) is 4.80. The van der Waals surface area contributed by atoms with Gasteiger partial charge in [-0.05, 0) is 27.9 Å². The summed E-state index contributed by atoms with van der Waals surface area (Å²) in [6, 6.07) is 0. The molecule has 0 fully saturated rings. The Hall–Kier alpha value is -0.870. The van der Waals surface area contributed by atoms with Gasteiger partial charge in [0.1, 0.15) is 0 Å². The lowest BCUT2D eigenvalue weighted by molar-refractivity contribution is -0.132. The summed E-state index contributed by atoms with van der Waals surface area (Å²) in [5.41, 5.74) is 0.207. The van der Waals surface area contributed by atoms with Gasteiger partial charge >= 0.3 is 5.97 Å². The molecule has 14 heavy (non-hydrogen) atoms. The third-order valence-corrected chi connectivity index (χ3v) is 2.41. The number of hydrogen-bond acceptors (Lipinski definition) is 3. The van der Waals surface area contributed by atoms with Crippen LogP contribution in [0.25, 0.3) is 0 Å². The van der Waals surface area contributed by atoms with E-state index in [-0.39, 0.29) is 11.1 Å². The Morgan fingerprint density at radius 3 is 2.36 bits per heavy atom. The van der Waals surface area contributed by atoms with Gasteiger partial charge in [-0.3, -0.25) is 0 Å². The standard InChI is InChI=1S/C10H20N2O2/c1-8(9(13)14)6-11-7-10(2,3)12(4)5/h11H,1,6-7H2,2-5H3,(H,13,14). The maximum absolute atomic E-state index is 10.4. The van der Waals surface area contributed by atoms with Gasteiger partial charge in [-0.15, -0.1) is 0 Å². The number of carboxylic acid groups (broad SMARTS) is 1. The van der Waals surface area contributed by atoms with E-state index < -0.39 is 5.97 Å². The molecule has 0 aliphatic rings. The molecule has 0 aromatic rings. The molecule has 0 aliphatic carbocycles. The average molecular weight is 200 g/mol. The molecule has 0 heterocycles. The number of carbonyl (C=O) groups is 1. The number of hydrogen-bond donors (Lipinski definition) is 2. The van der Waals surface area contributed by atoms with Crippen molar-refractivity contribution in [2.75, 3.05) is 27.2 Å². The quantitative estimate of drug-likeness (QED) is 0.615. The van der Waals surface area contributed by atoms with E-state index in [1.54, 1.807) is 0 Å². The van der Waals surface area contributed by atoms with Gasteiger partial charge < -0.3 is 15.3 Å². The highest BCUT2D eigenvalue weighted by molar-refractivity contribution is 5.86. The average Bonchev–Trinajstić information content (AvgIpc) is 2.03. The fourth-order valence-electron chi connectivity index (χ4n) is 0.753. The highest BCUT2D eigenvalue weighted by atomic mass is 16.4. The minimum Gasteiger partial charge on any atom is -0.478 e. The fraction of sp³-hybridized carbons (Fsp3) is 0.700. The number of nitrogens with one attached hydrogen (secondary N) is 1. The van der Waals surface area contributed by atoms with E-state index in [0.717, 1.165) is 6.54 Å². The van der Waals surface area contributed by atoms with E-state index >= 15 is 0 Å². The summed E-state index contributed by atoms with van der Waals surface area (Å²) in [5.74, 6) is -0.944. The first-order valence-corrected chi connectivity index (χ1v) is 4.56. The van der Waals surface area contributed by atoms with Crippen LogP contribution in [0.4, 0.5) is 0 Å². The van der Waals surface area contributed by atoms with Crippen molar-refractivity contribution >= 4 is 5.97 Å². The third-order valence-electron chi connectivity index (χ3n) is 2.41. The third kappa shape index (κ3) is 4.39. The minimum atomic E-state index is -0.944.